The Balaban J connectivity index is 2.26. The fraction of sp³-hybridized carbons (Fsp3) is 0.462. The van der Waals surface area contributed by atoms with E-state index in [1.54, 1.807) is 12.1 Å². The summed E-state index contributed by atoms with van der Waals surface area (Å²) in [7, 11) is 0. The maximum Gasteiger partial charge on any atom is 0.335 e. The number of carboxylic acid groups (broad SMARTS) is 1. The molecule has 0 amide bonds. The van der Waals surface area contributed by atoms with Crippen molar-refractivity contribution in [2.45, 2.75) is 19.4 Å². The standard InChI is InChI=1S/C13H18N2O3/c1-13(2)8-15(5-6-18-13)11-4-3-9(12(16)17)7-10(11)14/h3-4,7H,5-6,8,14H2,1-2H3,(H,16,17). The molecule has 0 aromatic heterocycles. The van der Waals surface area contributed by atoms with E-state index in [4.69, 9.17) is 15.6 Å². The Labute approximate surface area is 106 Å². The predicted molar refractivity (Wildman–Crippen MR) is 70.1 cm³/mol. The van der Waals surface area contributed by atoms with Crippen molar-refractivity contribution in [2.24, 2.45) is 0 Å². The van der Waals surface area contributed by atoms with Crippen molar-refractivity contribution in [3.8, 4) is 0 Å². The molecule has 1 aliphatic heterocycles. The van der Waals surface area contributed by atoms with Crippen LogP contribution in [0.25, 0.3) is 0 Å². The third-order valence-electron chi connectivity index (χ3n) is 3.04. The van der Waals surface area contributed by atoms with E-state index in [0.29, 0.717) is 12.3 Å². The number of morpholine rings is 1. The van der Waals surface area contributed by atoms with E-state index >= 15 is 0 Å². The van der Waals surface area contributed by atoms with Gasteiger partial charge in [0.05, 0.1) is 29.1 Å². The molecule has 0 unspecified atom stereocenters. The van der Waals surface area contributed by atoms with Gasteiger partial charge in [0.15, 0.2) is 0 Å². The third kappa shape index (κ3) is 2.56. The molecule has 1 aromatic carbocycles. The number of nitrogens with zero attached hydrogens (tertiary/aromatic N) is 1. The van der Waals surface area contributed by atoms with E-state index in [9.17, 15) is 4.79 Å². The largest absolute Gasteiger partial charge is 0.478 e. The van der Waals surface area contributed by atoms with Gasteiger partial charge in [0.25, 0.3) is 0 Å². The second kappa shape index (κ2) is 4.49. The van der Waals surface area contributed by atoms with Crippen molar-refractivity contribution >= 4 is 17.3 Å². The van der Waals surface area contributed by atoms with Crippen molar-refractivity contribution in [3.05, 3.63) is 23.8 Å². The molecule has 2 rings (SSSR count). The maximum atomic E-state index is 10.9. The number of ether oxygens (including phenoxy) is 1. The lowest BCUT2D eigenvalue weighted by atomic mass is 10.1. The fourth-order valence-corrected chi connectivity index (χ4v) is 2.20. The summed E-state index contributed by atoms with van der Waals surface area (Å²) in [6.07, 6.45) is 0. The smallest absolute Gasteiger partial charge is 0.335 e. The molecule has 1 saturated heterocycles. The third-order valence-corrected chi connectivity index (χ3v) is 3.04. The highest BCUT2D eigenvalue weighted by atomic mass is 16.5. The summed E-state index contributed by atoms with van der Waals surface area (Å²) in [5, 5.41) is 8.90. The topological polar surface area (TPSA) is 75.8 Å². The highest BCUT2D eigenvalue weighted by Crippen LogP contribution is 2.28. The normalized spacial score (nSPS) is 18.7. The lowest BCUT2D eigenvalue weighted by Gasteiger charge is -2.39. The zero-order valence-electron chi connectivity index (χ0n) is 10.6. The van der Waals surface area contributed by atoms with E-state index in [1.807, 2.05) is 13.8 Å². The Morgan fingerprint density at radius 2 is 2.22 bits per heavy atom. The summed E-state index contributed by atoms with van der Waals surface area (Å²) in [4.78, 5) is 13.0. The Bertz CT molecular complexity index is 471. The first-order chi connectivity index (χ1) is 8.39. The number of hydrogen-bond acceptors (Lipinski definition) is 4. The van der Waals surface area contributed by atoms with E-state index < -0.39 is 5.97 Å². The molecule has 0 bridgehead atoms. The van der Waals surface area contributed by atoms with Gasteiger partial charge in [-0.1, -0.05) is 0 Å². The van der Waals surface area contributed by atoms with Gasteiger partial charge in [0, 0.05) is 13.1 Å². The van der Waals surface area contributed by atoms with E-state index in [0.717, 1.165) is 18.8 Å². The number of aromatic carboxylic acids is 1. The molecular weight excluding hydrogens is 232 g/mol. The van der Waals surface area contributed by atoms with Crippen LogP contribution in [0.2, 0.25) is 0 Å². The molecular formula is C13H18N2O3. The van der Waals surface area contributed by atoms with Gasteiger partial charge >= 0.3 is 5.97 Å². The number of hydrogen-bond donors (Lipinski definition) is 2. The van der Waals surface area contributed by atoms with Gasteiger partial charge in [-0.2, -0.15) is 0 Å². The van der Waals surface area contributed by atoms with Crippen molar-refractivity contribution in [3.63, 3.8) is 0 Å². The predicted octanol–water partition coefficient (Wildman–Crippen LogP) is 1.58. The monoisotopic (exact) mass is 250 g/mol. The molecule has 0 spiro atoms. The molecule has 0 atom stereocenters. The first-order valence-corrected chi connectivity index (χ1v) is 5.91. The average molecular weight is 250 g/mol. The summed E-state index contributed by atoms with van der Waals surface area (Å²) in [5.41, 5.74) is 7.30. The van der Waals surface area contributed by atoms with Crippen LogP contribution >= 0.6 is 0 Å². The summed E-state index contributed by atoms with van der Waals surface area (Å²) < 4.78 is 5.64. The van der Waals surface area contributed by atoms with Gasteiger partial charge in [-0.25, -0.2) is 4.79 Å². The summed E-state index contributed by atoms with van der Waals surface area (Å²) in [6.45, 7) is 6.21. The first kappa shape index (κ1) is 12.7. The Hall–Kier alpha value is -1.75. The molecule has 5 nitrogen and oxygen atoms in total. The second-order valence-electron chi connectivity index (χ2n) is 5.11. The van der Waals surface area contributed by atoms with Crippen LogP contribution in [0.15, 0.2) is 18.2 Å². The lowest BCUT2D eigenvalue weighted by Crippen LogP contribution is -2.48. The highest BCUT2D eigenvalue weighted by molar-refractivity contribution is 5.90. The first-order valence-electron chi connectivity index (χ1n) is 5.91. The van der Waals surface area contributed by atoms with Crippen LogP contribution in [0.4, 0.5) is 11.4 Å². The number of rotatable bonds is 2. The summed E-state index contributed by atoms with van der Waals surface area (Å²) in [5.74, 6) is -0.962. The molecule has 0 aliphatic carbocycles. The van der Waals surface area contributed by atoms with Crippen molar-refractivity contribution in [1.82, 2.24) is 0 Å². The minimum absolute atomic E-state index is 0.212. The van der Waals surface area contributed by atoms with E-state index in [-0.39, 0.29) is 11.2 Å². The van der Waals surface area contributed by atoms with Crippen molar-refractivity contribution in [2.75, 3.05) is 30.3 Å². The van der Waals surface area contributed by atoms with Gasteiger partial charge in [-0.3, -0.25) is 0 Å². The summed E-state index contributed by atoms with van der Waals surface area (Å²) in [6, 6.07) is 4.84. The Kier molecular flexibility index (Phi) is 3.17. The number of anilines is 2. The molecule has 0 saturated carbocycles. The minimum atomic E-state index is -0.962. The van der Waals surface area contributed by atoms with Crippen LogP contribution in [-0.4, -0.2) is 36.4 Å². The molecule has 18 heavy (non-hydrogen) atoms. The van der Waals surface area contributed by atoms with Crippen LogP contribution in [0, 0.1) is 0 Å². The SMILES string of the molecule is CC1(C)CN(c2ccc(C(=O)O)cc2N)CCO1. The molecule has 5 heteroatoms. The van der Waals surface area contributed by atoms with Gasteiger partial charge in [-0.05, 0) is 32.0 Å². The van der Waals surface area contributed by atoms with E-state index in [1.165, 1.54) is 6.07 Å². The molecule has 1 heterocycles. The fourth-order valence-electron chi connectivity index (χ4n) is 2.20. The van der Waals surface area contributed by atoms with E-state index in [2.05, 4.69) is 4.90 Å². The van der Waals surface area contributed by atoms with Crippen molar-refractivity contribution in [1.29, 1.82) is 0 Å². The number of carbonyl (C=O) groups is 1. The molecule has 1 aliphatic rings. The van der Waals surface area contributed by atoms with Gasteiger partial charge in [0.2, 0.25) is 0 Å². The minimum Gasteiger partial charge on any atom is -0.478 e. The lowest BCUT2D eigenvalue weighted by molar-refractivity contribution is -0.0276. The molecule has 1 fully saturated rings. The molecule has 0 radical (unpaired) electrons. The van der Waals surface area contributed by atoms with Gasteiger partial charge < -0.3 is 20.5 Å². The maximum absolute atomic E-state index is 10.9. The molecule has 3 N–H and O–H groups in total. The molecule has 98 valence electrons. The highest BCUT2D eigenvalue weighted by Gasteiger charge is 2.28. The number of nitrogens with two attached hydrogens (primary N) is 1. The number of benzene rings is 1. The summed E-state index contributed by atoms with van der Waals surface area (Å²) >= 11 is 0. The second-order valence-corrected chi connectivity index (χ2v) is 5.11. The van der Waals surface area contributed by atoms with Gasteiger partial charge in [-0.15, -0.1) is 0 Å². The van der Waals surface area contributed by atoms with Crippen LogP contribution in [0.1, 0.15) is 24.2 Å². The van der Waals surface area contributed by atoms with Crippen LogP contribution in [-0.2, 0) is 4.74 Å². The Morgan fingerprint density at radius 3 is 2.78 bits per heavy atom. The van der Waals surface area contributed by atoms with Crippen LogP contribution in [0.3, 0.4) is 0 Å². The van der Waals surface area contributed by atoms with Crippen LogP contribution in [0.5, 0.6) is 0 Å². The number of nitrogen functional groups attached to an aromatic ring is 1. The Morgan fingerprint density at radius 1 is 1.50 bits per heavy atom. The average Bonchev–Trinajstić information content (AvgIpc) is 2.27. The van der Waals surface area contributed by atoms with Gasteiger partial charge in [0.1, 0.15) is 0 Å². The van der Waals surface area contributed by atoms with Crippen molar-refractivity contribution < 1.29 is 14.6 Å². The zero-order chi connectivity index (χ0) is 13.3. The zero-order valence-corrected chi connectivity index (χ0v) is 10.6. The van der Waals surface area contributed by atoms with Crippen LogP contribution < -0.4 is 10.6 Å². The molecule has 1 aromatic rings. The number of carboxylic acids is 1. The quantitative estimate of drug-likeness (QED) is 0.779.